The molecule has 1 aromatic carbocycles. The number of hydrogen-bond donors (Lipinski definition) is 1. The lowest BCUT2D eigenvalue weighted by Crippen LogP contribution is -2.29. The van der Waals surface area contributed by atoms with Crippen molar-refractivity contribution in [1.29, 1.82) is 0 Å². The van der Waals surface area contributed by atoms with Gasteiger partial charge in [-0.3, -0.25) is 9.59 Å². The zero-order chi connectivity index (χ0) is 23.3. The standard InChI is InChI=1S/C26H23N3O4/c1-15-8-10-18(11-9-15)22-20(24(31)26(32)29(22)14-19-7-5-13-33-19)23(30)21-17(3)28-12-4-6-16(2)25(28)27-21/h4-13,22,30H,14H2,1-3H3. The van der Waals surface area contributed by atoms with E-state index in [1.165, 1.54) is 11.2 Å². The number of aliphatic hydroxyl groups is 1. The van der Waals surface area contributed by atoms with Gasteiger partial charge in [0.25, 0.3) is 11.7 Å². The number of furan rings is 1. The lowest BCUT2D eigenvalue weighted by molar-refractivity contribution is -0.140. The van der Waals surface area contributed by atoms with E-state index in [0.29, 0.717) is 17.1 Å². The Balaban J connectivity index is 1.71. The number of pyridine rings is 1. The average Bonchev–Trinajstić information content (AvgIpc) is 3.49. The average molecular weight is 441 g/mol. The molecule has 1 N–H and O–H groups in total. The highest BCUT2D eigenvalue weighted by Gasteiger charge is 2.46. The summed E-state index contributed by atoms with van der Waals surface area (Å²) in [5.41, 5.74) is 4.41. The first-order valence-corrected chi connectivity index (χ1v) is 10.7. The van der Waals surface area contributed by atoms with Gasteiger partial charge in [0.15, 0.2) is 5.76 Å². The molecule has 33 heavy (non-hydrogen) atoms. The molecule has 5 rings (SSSR count). The molecule has 1 atom stereocenters. The molecule has 7 nitrogen and oxygen atoms in total. The van der Waals surface area contributed by atoms with E-state index in [1.807, 2.05) is 67.8 Å². The first-order chi connectivity index (χ1) is 15.9. The van der Waals surface area contributed by atoms with Crippen LogP contribution in [0.4, 0.5) is 0 Å². The molecule has 1 saturated heterocycles. The molecule has 166 valence electrons. The Morgan fingerprint density at radius 1 is 1.06 bits per heavy atom. The van der Waals surface area contributed by atoms with Crippen LogP contribution in [0.1, 0.15) is 39.9 Å². The Labute approximate surface area is 190 Å². The van der Waals surface area contributed by atoms with Gasteiger partial charge in [-0.15, -0.1) is 0 Å². The molecule has 1 amide bonds. The third-order valence-corrected chi connectivity index (χ3v) is 6.15. The van der Waals surface area contributed by atoms with E-state index in [1.54, 1.807) is 12.1 Å². The topological polar surface area (TPSA) is 88.0 Å². The van der Waals surface area contributed by atoms with Gasteiger partial charge in [0, 0.05) is 6.20 Å². The number of aromatic nitrogens is 2. The number of fused-ring (bicyclic) bond motifs is 1. The van der Waals surface area contributed by atoms with Crippen molar-refractivity contribution in [1.82, 2.24) is 14.3 Å². The molecule has 1 unspecified atom stereocenters. The van der Waals surface area contributed by atoms with Crippen molar-refractivity contribution in [3.8, 4) is 0 Å². The van der Waals surface area contributed by atoms with E-state index in [4.69, 9.17) is 4.42 Å². The number of carbonyl (C=O) groups excluding carboxylic acids is 2. The van der Waals surface area contributed by atoms with Crippen molar-refractivity contribution in [3.05, 3.63) is 100 Å². The minimum Gasteiger partial charge on any atom is -0.505 e. The molecule has 1 fully saturated rings. The molecule has 0 bridgehead atoms. The highest BCUT2D eigenvalue weighted by Crippen LogP contribution is 2.40. The van der Waals surface area contributed by atoms with Gasteiger partial charge in [0.2, 0.25) is 0 Å². The lowest BCUT2D eigenvalue weighted by Gasteiger charge is -2.24. The fourth-order valence-electron chi connectivity index (χ4n) is 4.38. The number of rotatable bonds is 4. The second-order valence-corrected chi connectivity index (χ2v) is 8.35. The molecular weight excluding hydrogens is 418 g/mol. The van der Waals surface area contributed by atoms with Crippen molar-refractivity contribution in [3.63, 3.8) is 0 Å². The lowest BCUT2D eigenvalue weighted by atomic mass is 9.95. The van der Waals surface area contributed by atoms with Gasteiger partial charge in [-0.2, -0.15) is 0 Å². The van der Waals surface area contributed by atoms with E-state index >= 15 is 0 Å². The van der Waals surface area contributed by atoms with Crippen molar-refractivity contribution in [2.75, 3.05) is 0 Å². The number of Topliss-reactive ketones (excluding diaryl/α,β-unsaturated/α-hetero) is 1. The summed E-state index contributed by atoms with van der Waals surface area (Å²) in [7, 11) is 0. The van der Waals surface area contributed by atoms with Crippen LogP contribution in [-0.2, 0) is 16.1 Å². The van der Waals surface area contributed by atoms with Crippen molar-refractivity contribution >= 4 is 23.1 Å². The number of imidazole rings is 1. The minimum absolute atomic E-state index is 0.0274. The van der Waals surface area contributed by atoms with Crippen LogP contribution in [0.3, 0.4) is 0 Å². The summed E-state index contributed by atoms with van der Waals surface area (Å²) in [4.78, 5) is 32.4. The van der Waals surface area contributed by atoms with Crippen LogP contribution in [0, 0.1) is 20.8 Å². The Bertz CT molecular complexity index is 1410. The van der Waals surface area contributed by atoms with Crippen LogP contribution in [-0.4, -0.2) is 31.1 Å². The molecule has 1 aliphatic rings. The number of likely N-dealkylation sites (tertiary alicyclic amines) is 1. The molecule has 4 aromatic rings. The predicted molar refractivity (Wildman–Crippen MR) is 122 cm³/mol. The number of aliphatic hydroxyl groups excluding tert-OH is 1. The highest BCUT2D eigenvalue weighted by atomic mass is 16.3. The van der Waals surface area contributed by atoms with Crippen molar-refractivity contribution < 1.29 is 19.1 Å². The Hall–Kier alpha value is -4.13. The number of amides is 1. The zero-order valence-corrected chi connectivity index (χ0v) is 18.6. The molecule has 0 spiro atoms. The largest absolute Gasteiger partial charge is 0.505 e. The number of carbonyl (C=O) groups is 2. The maximum absolute atomic E-state index is 13.2. The predicted octanol–water partition coefficient (Wildman–Crippen LogP) is 4.47. The number of nitrogens with zero attached hydrogens (tertiary/aromatic N) is 3. The maximum atomic E-state index is 13.2. The van der Waals surface area contributed by atoms with Crippen LogP contribution < -0.4 is 0 Å². The van der Waals surface area contributed by atoms with E-state index in [-0.39, 0.29) is 23.6 Å². The van der Waals surface area contributed by atoms with E-state index in [9.17, 15) is 14.7 Å². The molecule has 3 aromatic heterocycles. The van der Waals surface area contributed by atoms with Gasteiger partial charge in [-0.1, -0.05) is 35.9 Å². The van der Waals surface area contributed by atoms with Gasteiger partial charge >= 0.3 is 0 Å². The van der Waals surface area contributed by atoms with Crippen molar-refractivity contribution in [2.24, 2.45) is 0 Å². The summed E-state index contributed by atoms with van der Waals surface area (Å²) in [6.07, 6.45) is 3.38. The monoisotopic (exact) mass is 441 g/mol. The fourth-order valence-corrected chi connectivity index (χ4v) is 4.38. The summed E-state index contributed by atoms with van der Waals surface area (Å²) < 4.78 is 7.30. The number of aryl methyl sites for hydroxylation is 3. The fraction of sp³-hybridized carbons (Fsp3) is 0.192. The maximum Gasteiger partial charge on any atom is 0.296 e. The smallest absolute Gasteiger partial charge is 0.296 e. The zero-order valence-electron chi connectivity index (χ0n) is 18.6. The highest BCUT2D eigenvalue weighted by molar-refractivity contribution is 6.46. The third-order valence-electron chi connectivity index (χ3n) is 6.15. The Kier molecular flexibility index (Phi) is 4.89. The Morgan fingerprint density at radius 3 is 2.48 bits per heavy atom. The second kappa shape index (κ2) is 7.78. The van der Waals surface area contributed by atoms with Crippen LogP contribution in [0.25, 0.3) is 11.4 Å². The van der Waals surface area contributed by atoms with Gasteiger partial charge in [-0.05, 0) is 50.1 Å². The van der Waals surface area contributed by atoms with E-state index < -0.39 is 17.7 Å². The summed E-state index contributed by atoms with van der Waals surface area (Å²) in [5.74, 6) is -1.15. The SMILES string of the molecule is Cc1ccc(C2C(=C(O)c3nc4c(C)cccn4c3C)C(=O)C(=O)N2Cc2ccco2)cc1. The first kappa shape index (κ1) is 20.8. The number of hydrogen-bond acceptors (Lipinski definition) is 5. The Morgan fingerprint density at radius 2 is 1.82 bits per heavy atom. The normalized spacial score (nSPS) is 17.9. The minimum atomic E-state index is -0.763. The molecule has 0 saturated carbocycles. The van der Waals surface area contributed by atoms with E-state index in [0.717, 1.165) is 16.7 Å². The van der Waals surface area contributed by atoms with Crippen LogP contribution in [0.2, 0.25) is 0 Å². The van der Waals surface area contributed by atoms with Crippen LogP contribution in [0.15, 0.2) is 71.0 Å². The van der Waals surface area contributed by atoms with Gasteiger partial charge < -0.3 is 18.8 Å². The van der Waals surface area contributed by atoms with Crippen LogP contribution in [0.5, 0.6) is 0 Å². The first-order valence-electron chi connectivity index (χ1n) is 10.7. The molecule has 0 aliphatic carbocycles. The summed E-state index contributed by atoms with van der Waals surface area (Å²) in [5, 5.41) is 11.4. The molecule has 0 radical (unpaired) electrons. The quantitative estimate of drug-likeness (QED) is 0.287. The third kappa shape index (κ3) is 3.33. The molecule has 1 aliphatic heterocycles. The summed E-state index contributed by atoms with van der Waals surface area (Å²) >= 11 is 0. The van der Waals surface area contributed by atoms with Gasteiger partial charge in [0.05, 0.1) is 30.1 Å². The molecule has 7 heteroatoms. The summed E-state index contributed by atoms with van der Waals surface area (Å²) in [6.45, 7) is 5.83. The second-order valence-electron chi connectivity index (χ2n) is 8.35. The summed E-state index contributed by atoms with van der Waals surface area (Å²) in [6, 6.07) is 14.1. The van der Waals surface area contributed by atoms with E-state index in [2.05, 4.69) is 4.98 Å². The molecule has 4 heterocycles. The van der Waals surface area contributed by atoms with Gasteiger partial charge in [0.1, 0.15) is 17.1 Å². The number of ketones is 1. The molecular formula is C26H23N3O4. The number of benzene rings is 1. The van der Waals surface area contributed by atoms with Gasteiger partial charge in [-0.25, -0.2) is 4.98 Å². The van der Waals surface area contributed by atoms with Crippen LogP contribution >= 0.6 is 0 Å². The van der Waals surface area contributed by atoms with Crippen molar-refractivity contribution in [2.45, 2.75) is 33.4 Å².